The van der Waals surface area contributed by atoms with E-state index in [1.807, 2.05) is 13.8 Å². The number of rotatable bonds is 4. The highest BCUT2D eigenvalue weighted by atomic mass is 35.5. The van der Waals surface area contributed by atoms with Crippen LogP contribution in [0.4, 0.5) is 4.39 Å². The van der Waals surface area contributed by atoms with Gasteiger partial charge in [0.15, 0.2) is 0 Å². The summed E-state index contributed by atoms with van der Waals surface area (Å²) in [5, 5.41) is 0.280. The Morgan fingerprint density at radius 2 is 2.13 bits per heavy atom. The van der Waals surface area contributed by atoms with Gasteiger partial charge in [0.05, 0.1) is 11.6 Å². The highest BCUT2D eigenvalue weighted by Gasteiger charge is 2.17. The van der Waals surface area contributed by atoms with Crippen LogP contribution in [-0.4, -0.2) is 13.2 Å². The van der Waals surface area contributed by atoms with Crippen LogP contribution in [0.15, 0.2) is 18.2 Å². The van der Waals surface area contributed by atoms with Crippen molar-refractivity contribution in [3.8, 4) is 5.75 Å². The van der Waals surface area contributed by atoms with E-state index in [2.05, 4.69) is 0 Å². The van der Waals surface area contributed by atoms with E-state index in [9.17, 15) is 4.39 Å². The van der Waals surface area contributed by atoms with E-state index in [4.69, 9.17) is 22.1 Å². The van der Waals surface area contributed by atoms with Crippen molar-refractivity contribution in [2.45, 2.75) is 13.8 Å². The topological polar surface area (TPSA) is 35.2 Å². The second-order valence-corrected chi connectivity index (χ2v) is 4.64. The van der Waals surface area contributed by atoms with Crippen molar-refractivity contribution >= 4 is 11.6 Å². The van der Waals surface area contributed by atoms with Crippen LogP contribution in [0, 0.1) is 11.2 Å². The normalized spacial score (nSPS) is 11.5. The highest BCUT2D eigenvalue weighted by molar-refractivity contribution is 6.32. The first-order valence-corrected chi connectivity index (χ1v) is 5.10. The molecule has 0 heterocycles. The highest BCUT2D eigenvalue weighted by Crippen LogP contribution is 2.26. The maximum Gasteiger partial charge on any atom is 0.138 e. The molecule has 0 aliphatic rings. The van der Waals surface area contributed by atoms with E-state index < -0.39 is 0 Å². The molecule has 1 aromatic carbocycles. The SMILES string of the molecule is CC(C)(CN)COc1ccc(F)cc1Cl. The molecule has 84 valence electrons. The number of hydrogen-bond acceptors (Lipinski definition) is 2. The van der Waals surface area contributed by atoms with Gasteiger partial charge < -0.3 is 10.5 Å². The predicted molar refractivity (Wildman–Crippen MR) is 59.7 cm³/mol. The van der Waals surface area contributed by atoms with Gasteiger partial charge in [-0.15, -0.1) is 0 Å². The second kappa shape index (κ2) is 4.81. The Balaban J connectivity index is 2.66. The molecule has 0 amide bonds. The van der Waals surface area contributed by atoms with Crippen molar-refractivity contribution in [2.75, 3.05) is 13.2 Å². The lowest BCUT2D eigenvalue weighted by Crippen LogP contribution is -2.30. The largest absolute Gasteiger partial charge is 0.491 e. The molecule has 4 heteroatoms. The molecule has 15 heavy (non-hydrogen) atoms. The Labute approximate surface area is 94.2 Å². The molecule has 0 radical (unpaired) electrons. The summed E-state index contributed by atoms with van der Waals surface area (Å²) >= 11 is 5.81. The third kappa shape index (κ3) is 3.68. The van der Waals surface area contributed by atoms with Gasteiger partial charge in [-0.1, -0.05) is 25.4 Å². The van der Waals surface area contributed by atoms with Crippen LogP contribution < -0.4 is 10.5 Å². The first-order valence-electron chi connectivity index (χ1n) is 4.72. The zero-order chi connectivity index (χ0) is 11.5. The molecular weight excluding hydrogens is 217 g/mol. The molecule has 0 unspecified atom stereocenters. The van der Waals surface area contributed by atoms with Crippen molar-refractivity contribution in [1.82, 2.24) is 0 Å². The Hall–Kier alpha value is -0.800. The maximum absolute atomic E-state index is 12.7. The van der Waals surface area contributed by atoms with Crippen molar-refractivity contribution in [3.05, 3.63) is 29.0 Å². The Bertz CT molecular complexity index is 341. The summed E-state index contributed by atoms with van der Waals surface area (Å²) in [5.74, 6) is 0.116. The lowest BCUT2D eigenvalue weighted by atomic mass is 9.95. The van der Waals surface area contributed by atoms with Crippen molar-refractivity contribution in [3.63, 3.8) is 0 Å². The van der Waals surface area contributed by atoms with Gasteiger partial charge in [0.25, 0.3) is 0 Å². The third-order valence-electron chi connectivity index (χ3n) is 2.06. The summed E-state index contributed by atoms with van der Waals surface area (Å²) < 4.78 is 18.2. The quantitative estimate of drug-likeness (QED) is 0.865. The van der Waals surface area contributed by atoms with Crippen LogP contribution in [0.5, 0.6) is 5.75 Å². The van der Waals surface area contributed by atoms with Crippen molar-refractivity contribution in [1.29, 1.82) is 0 Å². The molecule has 2 N–H and O–H groups in total. The molecule has 0 saturated heterocycles. The summed E-state index contributed by atoms with van der Waals surface area (Å²) in [6, 6.07) is 4.06. The average molecular weight is 232 g/mol. The van der Waals surface area contributed by atoms with Gasteiger partial charge in [-0.05, 0) is 18.2 Å². The van der Waals surface area contributed by atoms with Crippen LogP contribution >= 0.6 is 11.6 Å². The Morgan fingerprint density at radius 3 is 2.67 bits per heavy atom. The minimum atomic E-state index is -0.370. The summed E-state index contributed by atoms with van der Waals surface area (Å²) in [6.07, 6.45) is 0. The third-order valence-corrected chi connectivity index (χ3v) is 2.36. The van der Waals surface area contributed by atoms with Gasteiger partial charge in [0, 0.05) is 12.0 Å². The van der Waals surface area contributed by atoms with Gasteiger partial charge >= 0.3 is 0 Å². The van der Waals surface area contributed by atoms with Crippen molar-refractivity contribution in [2.24, 2.45) is 11.1 Å². The van der Waals surface area contributed by atoms with Crippen LogP contribution in [0.1, 0.15) is 13.8 Å². The van der Waals surface area contributed by atoms with Crippen molar-refractivity contribution < 1.29 is 9.13 Å². The molecule has 1 rings (SSSR count). The molecule has 0 spiro atoms. The summed E-state index contributed by atoms with van der Waals surface area (Å²) in [6.45, 7) is 4.95. The summed E-state index contributed by atoms with van der Waals surface area (Å²) in [4.78, 5) is 0. The molecule has 0 aliphatic carbocycles. The summed E-state index contributed by atoms with van der Waals surface area (Å²) in [7, 11) is 0. The fourth-order valence-electron chi connectivity index (χ4n) is 0.924. The van der Waals surface area contributed by atoms with E-state index in [0.29, 0.717) is 18.9 Å². The smallest absolute Gasteiger partial charge is 0.138 e. The minimum absolute atomic E-state index is 0.113. The Morgan fingerprint density at radius 1 is 1.47 bits per heavy atom. The number of benzene rings is 1. The second-order valence-electron chi connectivity index (χ2n) is 4.23. The van der Waals surface area contributed by atoms with E-state index in [-0.39, 0.29) is 16.3 Å². The van der Waals surface area contributed by atoms with Gasteiger partial charge in [-0.2, -0.15) is 0 Å². The van der Waals surface area contributed by atoms with E-state index >= 15 is 0 Å². The van der Waals surface area contributed by atoms with Gasteiger partial charge in [-0.25, -0.2) is 4.39 Å². The molecule has 0 fully saturated rings. The number of nitrogens with two attached hydrogens (primary N) is 1. The predicted octanol–water partition coefficient (Wildman–Crippen LogP) is 2.84. The molecule has 2 nitrogen and oxygen atoms in total. The molecule has 0 atom stereocenters. The van der Waals surface area contributed by atoms with Crippen LogP contribution in [0.2, 0.25) is 5.02 Å². The van der Waals surface area contributed by atoms with Crippen LogP contribution in [0.3, 0.4) is 0 Å². The number of hydrogen-bond donors (Lipinski definition) is 1. The fraction of sp³-hybridized carbons (Fsp3) is 0.455. The molecule has 1 aromatic rings. The lowest BCUT2D eigenvalue weighted by molar-refractivity contribution is 0.187. The number of ether oxygens (including phenoxy) is 1. The summed E-state index contributed by atoms with van der Waals surface area (Å²) in [5.41, 5.74) is 5.45. The molecule has 0 saturated carbocycles. The molecular formula is C11H15ClFNO. The van der Waals surface area contributed by atoms with Crippen LogP contribution in [0.25, 0.3) is 0 Å². The van der Waals surface area contributed by atoms with E-state index in [0.717, 1.165) is 0 Å². The molecule has 0 aliphatic heterocycles. The maximum atomic E-state index is 12.7. The minimum Gasteiger partial charge on any atom is -0.491 e. The fourth-order valence-corrected chi connectivity index (χ4v) is 1.15. The van der Waals surface area contributed by atoms with Gasteiger partial charge in [0.2, 0.25) is 0 Å². The lowest BCUT2D eigenvalue weighted by Gasteiger charge is -2.22. The van der Waals surface area contributed by atoms with Gasteiger partial charge in [0.1, 0.15) is 11.6 Å². The number of halogens is 2. The standard InChI is InChI=1S/C11H15ClFNO/c1-11(2,6-14)7-15-10-4-3-8(13)5-9(10)12/h3-5H,6-7,14H2,1-2H3. The zero-order valence-corrected chi connectivity index (χ0v) is 9.64. The van der Waals surface area contributed by atoms with Crippen LogP contribution in [-0.2, 0) is 0 Å². The van der Waals surface area contributed by atoms with E-state index in [1.165, 1.54) is 18.2 Å². The zero-order valence-electron chi connectivity index (χ0n) is 8.89. The first kappa shape index (κ1) is 12.3. The Kier molecular flexibility index (Phi) is 3.94. The average Bonchev–Trinajstić information content (AvgIpc) is 2.16. The van der Waals surface area contributed by atoms with E-state index in [1.54, 1.807) is 0 Å². The molecule has 0 bridgehead atoms. The van der Waals surface area contributed by atoms with Gasteiger partial charge in [-0.3, -0.25) is 0 Å². The molecule has 0 aromatic heterocycles. The first-order chi connectivity index (χ1) is 6.94. The monoisotopic (exact) mass is 231 g/mol.